The fourth-order valence-corrected chi connectivity index (χ4v) is 4.37. The molecule has 4 rings (SSSR count). The zero-order valence-corrected chi connectivity index (χ0v) is 17.7. The standard InChI is InChI=1S/C24H33N5O/c30-24(26-13-8-17-28-15-5-2-6-16-28)21-11-7-12-23(27-21)29-18-14-25-22(19-29)20-9-3-1-4-10-20/h1,3-4,7,9-12,22,25H,2,5-6,8,13-19H2,(H,26,30). The summed E-state index contributed by atoms with van der Waals surface area (Å²) in [6.07, 6.45) is 4.96. The number of nitrogens with one attached hydrogen (secondary N) is 2. The lowest BCUT2D eigenvalue weighted by atomic mass is 10.0. The summed E-state index contributed by atoms with van der Waals surface area (Å²) < 4.78 is 0. The van der Waals surface area contributed by atoms with Crippen molar-refractivity contribution in [2.45, 2.75) is 31.7 Å². The van der Waals surface area contributed by atoms with Crippen molar-refractivity contribution in [2.75, 3.05) is 50.7 Å². The summed E-state index contributed by atoms with van der Waals surface area (Å²) in [5.41, 5.74) is 1.78. The van der Waals surface area contributed by atoms with Gasteiger partial charge in [0.1, 0.15) is 11.5 Å². The number of hydrogen-bond acceptors (Lipinski definition) is 5. The van der Waals surface area contributed by atoms with Gasteiger partial charge in [0.25, 0.3) is 5.91 Å². The van der Waals surface area contributed by atoms with Crippen molar-refractivity contribution >= 4 is 11.7 Å². The molecule has 2 N–H and O–H groups in total. The Morgan fingerprint density at radius 1 is 1.03 bits per heavy atom. The first kappa shape index (κ1) is 20.8. The van der Waals surface area contributed by atoms with Crippen LogP contribution in [0.1, 0.15) is 47.8 Å². The Labute approximate surface area is 179 Å². The number of piperidine rings is 1. The predicted octanol–water partition coefficient (Wildman–Crippen LogP) is 2.84. The average molecular weight is 408 g/mol. The molecule has 2 saturated heterocycles. The Kier molecular flexibility index (Phi) is 7.32. The third kappa shape index (κ3) is 5.58. The minimum Gasteiger partial charge on any atom is -0.353 e. The molecule has 1 atom stereocenters. The molecular weight excluding hydrogens is 374 g/mol. The molecule has 2 aliphatic heterocycles. The third-order valence-electron chi connectivity index (χ3n) is 6.05. The maximum atomic E-state index is 12.6. The van der Waals surface area contributed by atoms with Gasteiger partial charge in [-0.3, -0.25) is 4.79 Å². The molecule has 3 heterocycles. The molecule has 0 radical (unpaired) electrons. The Morgan fingerprint density at radius 3 is 2.70 bits per heavy atom. The van der Waals surface area contributed by atoms with Crippen LogP contribution in [0.2, 0.25) is 0 Å². The van der Waals surface area contributed by atoms with Gasteiger partial charge < -0.3 is 20.4 Å². The fraction of sp³-hybridized carbons (Fsp3) is 0.500. The van der Waals surface area contributed by atoms with Crippen LogP contribution in [0.25, 0.3) is 0 Å². The smallest absolute Gasteiger partial charge is 0.269 e. The second kappa shape index (κ2) is 10.5. The van der Waals surface area contributed by atoms with Crippen LogP contribution >= 0.6 is 0 Å². The number of carbonyl (C=O) groups excluding carboxylic acids is 1. The van der Waals surface area contributed by atoms with Gasteiger partial charge in [0.05, 0.1) is 0 Å². The Balaban J connectivity index is 1.30. The number of likely N-dealkylation sites (tertiary alicyclic amines) is 1. The van der Waals surface area contributed by atoms with Gasteiger partial charge in [-0.05, 0) is 56.6 Å². The van der Waals surface area contributed by atoms with E-state index >= 15 is 0 Å². The first-order valence-corrected chi connectivity index (χ1v) is 11.3. The average Bonchev–Trinajstić information content (AvgIpc) is 2.83. The molecule has 1 unspecified atom stereocenters. The fourth-order valence-electron chi connectivity index (χ4n) is 4.37. The molecule has 2 aliphatic rings. The second-order valence-electron chi connectivity index (χ2n) is 8.26. The highest BCUT2D eigenvalue weighted by atomic mass is 16.1. The molecule has 2 aromatic rings. The van der Waals surface area contributed by atoms with Gasteiger partial charge in [0.2, 0.25) is 0 Å². The molecule has 2 fully saturated rings. The summed E-state index contributed by atoms with van der Waals surface area (Å²) in [4.78, 5) is 22.0. The largest absolute Gasteiger partial charge is 0.353 e. The highest BCUT2D eigenvalue weighted by Gasteiger charge is 2.22. The summed E-state index contributed by atoms with van der Waals surface area (Å²) in [6, 6.07) is 16.5. The molecule has 6 nitrogen and oxygen atoms in total. The molecule has 1 amide bonds. The summed E-state index contributed by atoms with van der Waals surface area (Å²) in [7, 11) is 0. The normalized spacial score (nSPS) is 20.1. The number of piperazine rings is 1. The minimum atomic E-state index is -0.0785. The van der Waals surface area contributed by atoms with Gasteiger partial charge >= 0.3 is 0 Å². The minimum absolute atomic E-state index is 0.0785. The van der Waals surface area contributed by atoms with Gasteiger partial charge in [-0.1, -0.05) is 42.8 Å². The molecule has 0 saturated carbocycles. The second-order valence-corrected chi connectivity index (χ2v) is 8.26. The van der Waals surface area contributed by atoms with Gasteiger partial charge in [-0.15, -0.1) is 0 Å². The monoisotopic (exact) mass is 407 g/mol. The molecular formula is C24H33N5O. The number of anilines is 1. The van der Waals surface area contributed by atoms with E-state index in [1.807, 2.05) is 18.2 Å². The van der Waals surface area contributed by atoms with E-state index in [-0.39, 0.29) is 11.9 Å². The Hall–Kier alpha value is -2.44. The van der Waals surface area contributed by atoms with Crippen LogP contribution in [0, 0.1) is 0 Å². The van der Waals surface area contributed by atoms with Gasteiger partial charge in [-0.25, -0.2) is 4.98 Å². The third-order valence-corrected chi connectivity index (χ3v) is 6.05. The van der Waals surface area contributed by atoms with Crippen molar-refractivity contribution in [3.8, 4) is 0 Å². The molecule has 0 aliphatic carbocycles. The lowest BCUT2D eigenvalue weighted by molar-refractivity contribution is 0.0946. The molecule has 0 bridgehead atoms. The van der Waals surface area contributed by atoms with Crippen molar-refractivity contribution in [3.05, 3.63) is 59.8 Å². The first-order valence-electron chi connectivity index (χ1n) is 11.3. The summed E-state index contributed by atoms with van der Waals surface area (Å²) in [6.45, 7) is 6.79. The maximum Gasteiger partial charge on any atom is 0.269 e. The predicted molar refractivity (Wildman–Crippen MR) is 121 cm³/mol. The zero-order valence-electron chi connectivity index (χ0n) is 17.7. The van der Waals surface area contributed by atoms with E-state index in [1.54, 1.807) is 6.07 Å². The van der Waals surface area contributed by atoms with Crippen molar-refractivity contribution in [1.29, 1.82) is 0 Å². The SMILES string of the molecule is O=C(NCCCN1CCCCC1)c1cccc(N2CCNC(c3ccccc3)C2)n1. The van der Waals surface area contributed by atoms with Crippen LogP contribution < -0.4 is 15.5 Å². The first-order chi connectivity index (χ1) is 14.8. The number of hydrogen-bond donors (Lipinski definition) is 2. The van der Waals surface area contributed by atoms with Crippen LogP contribution in [-0.4, -0.2) is 61.6 Å². The van der Waals surface area contributed by atoms with Crippen LogP contribution in [0.5, 0.6) is 0 Å². The number of nitrogens with zero attached hydrogens (tertiary/aromatic N) is 3. The summed E-state index contributed by atoms with van der Waals surface area (Å²) in [5, 5.41) is 6.63. The number of carbonyl (C=O) groups is 1. The van der Waals surface area contributed by atoms with E-state index < -0.39 is 0 Å². The number of rotatable bonds is 7. The quantitative estimate of drug-likeness (QED) is 0.691. The van der Waals surface area contributed by atoms with Gasteiger partial charge in [0.15, 0.2) is 0 Å². The van der Waals surface area contributed by atoms with E-state index in [4.69, 9.17) is 0 Å². The van der Waals surface area contributed by atoms with E-state index in [1.165, 1.54) is 37.9 Å². The Bertz CT molecular complexity index is 806. The maximum absolute atomic E-state index is 12.6. The highest BCUT2D eigenvalue weighted by molar-refractivity contribution is 5.92. The number of pyridine rings is 1. The van der Waals surface area contributed by atoms with Crippen LogP contribution in [0.15, 0.2) is 48.5 Å². The van der Waals surface area contributed by atoms with Crippen molar-refractivity contribution < 1.29 is 4.79 Å². The molecule has 6 heteroatoms. The molecule has 160 valence electrons. The van der Waals surface area contributed by atoms with E-state index in [9.17, 15) is 4.79 Å². The highest BCUT2D eigenvalue weighted by Crippen LogP contribution is 2.21. The molecule has 1 aromatic heterocycles. The number of amides is 1. The zero-order chi connectivity index (χ0) is 20.6. The number of benzene rings is 1. The van der Waals surface area contributed by atoms with Gasteiger partial charge in [0, 0.05) is 32.2 Å². The molecule has 30 heavy (non-hydrogen) atoms. The van der Waals surface area contributed by atoms with Gasteiger partial charge in [-0.2, -0.15) is 0 Å². The lowest BCUT2D eigenvalue weighted by Crippen LogP contribution is -2.46. The molecule has 0 spiro atoms. The van der Waals surface area contributed by atoms with Crippen LogP contribution in [0.3, 0.4) is 0 Å². The van der Waals surface area contributed by atoms with Crippen molar-refractivity contribution in [1.82, 2.24) is 20.5 Å². The topological polar surface area (TPSA) is 60.5 Å². The van der Waals surface area contributed by atoms with E-state index in [0.29, 0.717) is 12.2 Å². The molecule has 1 aromatic carbocycles. The Morgan fingerprint density at radius 2 is 1.87 bits per heavy atom. The summed E-state index contributed by atoms with van der Waals surface area (Å²) >= 11 is 0. The van der Waals surface area contributed by atoms with Crippen molar-refractivity contribution in [2.24, 2.45) is 0 Å². The van der Waals surface area contributed by atoms with E-state index in [2.05, 4.69) is 49.7 Å². The summed E-state index contributed by atoms with van der Waals surface area (Å²) in [5.74, 6) is 0.795. The van der Waals surface area contributed by atoms with Crippen LogP contribution in [0.4, 0.5) is 5.82 Å². The number of aromatic nitrogens is 1. The lowest BCUT2D eigenvalue weighted by Gasteiger charge is -2.35. The van der Waals surface area contributed by atoms with Crippen molar-refractivity contribution in [3.63, 3.8) is 0 Å². The van der Waals surface area contributed by atoms with Crippen LogP contribution in [-0.2, 0) is 0 Å². The van der Waals surface area contributed by atoms with E-state index in [0.717, 1.165) is 38.4 Å².